The number of fused-ring (bicyclic) bond motifs is 1. The monoisotopic (exact) mass is 320 g/mol. The molecule has 5 nitrogen and oxygen atoms in total. The molecular formula is C19H16N2O3. The fourth-order valence-electron chi connectivity index (χ4n) is 2.91. The molecule has 3 aromatic rings. The van der Waals surface area contributed by atoms with Crippen molar-refractivity contribution in [1.29, 1.82) is 0 Å². The lowest BCUT2D eigenvalue weighted by Crippen LogP contribution is -2.34. The largest absolute Gasteiger partial charge is 0.487 e. The number of nitrogens with one attached hydrogen (secondary N) is 1. The molecule has 0 saturated heterocycles. The summed E-state index contributed by atoms with van der Waals surface area (Å²) in [6.07, 6.45) is 7.16. The van der Waals surface area contributed by atoms with Crippen molar-refractivity contribution in [3.05, 3.63) is 72.4 Å². The third kappa shape index (κ3) is 2.76. The maximum atomic E-state index is 12.0. The van der Waals surface area contributed by atoms with Gasteiger partial charge in [0.05, 0.1) is 18.4 Å². The molecule has 5 heteroatoms. The van der Waals surface area contributed by atoms with Crippen LogP contribution in [0.5, 0.6) is 5.75 Å². The Morgan fingerprint density at radius 2 is 2.08 bits per heavy atom. The first-order chi connectivity index (χ1) is 11.8. The van der Waals surface area contributed by atoms with Crippen LogP contribution in [0.15, 0.2) is 65.7 Å². The van der Waals surface area contributed by atoms with Gasteiger partial charge in [0.2, 0.25) is 0 Å². The minimum atomic E-state index is -0.155. The molecule has 0 fully saturated rings. The van der Waals surface area contributed by atoms with E-state index in [-0.39, 0.29) is 12.0 Å². The molecule has 4 rings (SSSR count). The van der Waals surface area contributed by atoms with Crippen LogP contribution in [-0.2, 0) is 6.42 Å². The number of furan rings is 1. The number of amides is 1. The van der Waals surface area contributed by atoms with Crippen LogP contribution in [0, 0.1) is 0 Å². The van der Waals surface area contributed by atoms with E-state index in [1.807, 2.05) is 24.3 Å². The number of hydrogen-bond acceptors (Lipinski definition) is 4. The molecule has 0 saturated carbocycles. The average Bonchev–Trinajstić information content (AvgIpc) is 3.29. The van der Waals surface area contributed by atoms with Gasteiger partial charge in [0.25, 0.3) is 5.91 Å². The van der Waals surface area contributed by atoms with Gasteiger partial charge in [-0.3, -0.25) is 9.78 Å². The lowest BCUT2D eigenvalue weighted by molar-refractivity contribution is 0.0933. The quantitative estimate of drug-likeness (QED) is 0.802. The van der Waals surface area contributed by atoms with Crippen molar-refractivity contribution in [3.63, 3.8) is 0 Å². The first-order valence-electron chi connectivity index (χ1n) is 7.80. The fraction of sp³-hybridized carbons (Fsp3) is 0.158. The molecule has 3 heterocycles. The lowest BCUT2D eigenvalue weighted by Gasteiger charge is -2.13. The smallest absolute Gasteiger partial charge is 0.254 e. The predicted octanol–water partition coefficient (Wildman–Crippen LogP) is 3.08. The van der Waals surface area contributed by atoms with Crippen molar-refractivity contribution in [3.8, 4) is 16.9 Å². The molecule has 1 unspecified atom stereocenters. The van der Waals surface area contributed by atoms with Crippen molar-refractivity contribution in [2.45, 2.75) is 12.5 Å². The summed E-state index contributed by atoms with van der Waals surface area (Å²) in [7, 11) is 0. The molecule has 0 radical (unpaired) electrons. The van der Waals surface area contributed by atoms with Crippen LogP contribution in [0.4, 0.5) is 0 Å². The van der Waals surface area contributed by atoms with Crippen LogP contribution in [0.3, 0.4) is 0 Å². The van der Waals surface area contributed by atoms with Crippen LogP contribution in [-0.4, -0.2) is 23.5 Å². The molecule has 1 aliphatic heterocycles. The minimum absolute atomic E-state index is 0.0705. The second-order valence-electron chi connectivity index (χ2n) is 5.70. The van der Waals surface area contributed by atoms with Gasteiger partial charge in [-0.25, -0.2) is 0 Å². The van der Waals surface area contributed by atoms with Crippen molar-refractivity contribution < 1.29 is 13.9 Å². The number of carbonyl (C=O) groups is 1. The van der Waals surface area contributed by atoms with Gasteiger partial charge in [-0.15, -0.1) is 0 Å². The van der Waals surface area contributed by atoms with Gasteiger partial charge >= 0.3 is 0 Å². The number of carbonyl (C=O) groups excluding carboxylic acids is 1. The maximum Gasteiger partial charge on any atom is 0.254 e. The van der Waals surface area contributed by atoms with E-state index in [0.29, 0.717) is 12.1 Å². The van der Waals surface area contributed by atoms with Gasteiger partial charge in [-0.2, -0.15) is 0 Å². The van der Waals surface area contributed by atoms with Crippen LogP contribution >= 0.6 is 0 Å². The van der Waals surface area contributed by atoms with E-state index in [1.54, 1.807) is 18.5 Å². The number of benzene rings is 1. The summed E-state index contributed by atoms with van der Waals surface area (Å²) in [5.74, 6) is 0.740. The van der Waals surface area contributed by atoms with Gasteiger partial charge in [-0.1, -0.05) is 18.2 Å². The molecule has 1 N–H and O–H groups in total. The summed E-state index contributed by atoms with van der Waals surface area (Å²) in [5.41, 5.74) is 3.80. The highest BCUT2D eigenvalue weighted by molar-refractivity contribution is 5.93. The zero-order chi connectivity index (χ0) is 16.4. The third-order valence-corrected chi connectivity index (χ3v) is 4.09. The van der Waals surface area contributed by atoms with E-state index < -0.39 is 0 Å². The van der Waals surface area contributed by atoms with Gasteiger partial charge in [0.15, 0.2) is 0 Å². The lowest BCUT2D eigenvalue weighted by atomic mass is 10.0. The van der Waals surface area contributed by atoms with E-state index >= 15 is 0 Å². The number of hydrogen-bond donors (Lipinski definition) is 1. The Morgan fingerprint density at radius 3 is 2.88 bits per heavy atom. The van der Waals surface area contributed by atoms with Gasteiger partial charge in [0, 0.05) is 24.4 Å². The van der Waals surface area contributed by atoms with Gasteiger partial charge in [0.1, 0.15) is 18.1 Å². The summed E-state index contributed by atoms with van der Waals surface area (Å²) >= 11 is 0. The number of pyridine rings is 1. The Kier molecular flexibility index (Phi) is 3.75. The Hall–Kier alpha value is -3.08. The van der Waals surface area contributed by atoms with E-state index in [4.69, 9.17) is 9.15 Å². The Bertz CT molecular complexity index is 844. The molecule has 120 valence electrons. The zero-order valence-corrected chi connectivity index (χ0v) is 12.9. The van der Waals surface area contributed by atoms with Crippen molar-refractivity contribution in [1.82, 2.24) is 10.3 Å². The van der Waals surface area contributed by atoms with Gasteiger partial charge in [-0.05, 0) is 29.3 Å². The summed E-state index contributed by atoms with van der Waals surface area (Å²) < 4.78 is 11.0. The second kappa shape index (κ2) is 6.20. The van der Waals surface area contributed by atoms with Crippen molar-refractivity contribution in [2.75, 3.05) is 6.54 Å². The first-order valence-corrected chi connectivity index (χ1v) is 7.80. The molecule has 1 atom stereocenters. The summed E-state index contributed by atoms with van der Waals surface area (Å²) in [5, 5.41) is 2.89. The van der Waals surface area contributed by atoms with Gasteiger partial charge < -0.3 is 14.5 Å². The molecule has 0 spiro atoms. The highest BCUT2D eigenvalue weighted by Gasteiger charge is 2.26. The van der Waals surface area contributed by atoms with E-state index in [1.165, 1.54) is 12.5 Å². The zero-order valence-electron chi connectivity index (χ0n) is 12.9. The molecule has 0 aliphatic carbocycles. The summed E-state index contributed by atoms with van der Waals surface area (Å²) in [6, 6.07) is 11.7. The van der Waals surface area contributed by atoms with E-state index in [9.17, 15) is 4.79 Å². The molecule has 1 aliphatic rings. The van der Waals surface area contributed by atoms with E-state index in [2.05, 4.69) is 16.4 Å². The first kappa shape index (κ1) is 14.5. The highest BCUT2D eigenvalue weighted by atomic mass is 16.5. The summed E-state index contributed by atoms with van der Waals surface area (Å²) in [4.78, 5) is 16.0. The van der Waals surface area contributed by atoms with Crippen LogP contribution < -0.4 is 10.1 Å². The Labute approximate surface area is 139 Å². The maximum absolute atomic E-state index is 12.0. The normalized spacial score (nSPS) is 15.6. The molecule has 2 aromatic heterocycles. The highest BCUT2D eigenvalue weighted by Crippen LogP contribution is 2.38. The number of ether oxygens (including phenoxy) is 1. The number of aromatic nitrogens is 1. The van der Waals surface area contributed by atoms with Crippen molar-refractivity contribution >= 4 is 5.91 Å². The van der Waals surface area contributed by atoms with Crippen LogP contribution in [0.25, 0.3) is 11.1 Å². The second-order valence-corrected chi connectivity index (χ2v) is 5.70. The molecular weight excluding hydrogens is 304 g/mol. The van der Waals surface area contributed by atoms with Crippen LogP contribution in [0.1, 0.15) is 15.9 Å². The molecule has 1 amide bonds. The Balaban J connectivity index is 1.47. The standard InChI is InChI=1S/C19H16N2O3/c22-19(15-6-9-23-12-15)21-11-16-10-14-2-1-3-17(18(14)24-16)13-4-7-20-8-5-13/h1-9,12,16H,10-11H2,(H,21,22). The number of nitrogens with zero attached hydrogens (tertiary/aromatic N) is 1. The SMILES string of the molecule is O=C(NCC1Cc2cccc(-c3ccncc3)c2O1)c1ccoc1. The predicted molar refractivity (Wildman–Crippen MR) is 88.8 cm³/mol. The average molecular weight is 320 g/mol. The topological polar surface area (TPSA) is 64.4 Å². The minimum Gasteiger partial charge on any atom is -0.487 e. The molecule has 1 aromatic carbocycles. The number of para-hydroxylation sites is 1. The summed E-state index contributed by atoms with van der Waals surface area (Å²) in [6.45, 7) is 0.453. The number of rotatable bonds is 4. The third-order valence-electron chi connectivity index (χ3n) is 4.09. The Morgan fingerprint density at radius 1 is 1.21 bits per heavy atom. The van der Waals surface area contributed by atoms with Crippen molar-refractivity contribution in [2.24, 2.45) is 0 Å². The fourth-order valence-corrected chi connectivity index (χ4v) is 2.91. The molecule has 0 bridgehead atoms. The van der Waals surface area contributed by atoms with E-state index in [0.717, 1.165) is 28.9 Å². The molecule has 24 heavy (non-hydrogen) atoms. The van der Waals surface area contributed by atoms with Crippen LogP contribution in [0.2, 0.25) is 0 Å².